The van der Waals surface area contributed by atoms with E-state index < -0.39 is 9.84 Å². The summed E-state index contributed by atoms with van der Waals surface area (Å²) in [5.74, 6) is 0.936. The summed E-state index contributed by atoms with van der Waals surface area (Å²) in [6.45, 7) is 5.74. The number of amidine groups is 1. The number of rotatable bonds is 4. The van der Waals surface area contributed by atoms with E-state index in [0.29, 0.717) is 5.56 Å². The fourth-order valence-electron chi connectivity index (χ4n) is 3.85. The Labute approximate surface area is 176 Å². The van der Waals surface area contributed by atoms with Gasteiger partial charge in [0, 0.05) is 17.0 Å². The Balaban J connectivity index is 1.64. The van der Waals surface area contributed by atoms with Gasteiger partial charge in [-0.1, -0.05) is 42.1 Å². The lowest BCUT2D eigenvalue weighted by Gasteiger charge is -2.27. The quantitative estimate of drug-likeness (QED) is 0.694. The van der Waals surface area contributed by atoms with Crippen LogP contribution in [-0.4, -0.2) is 43.0 Å². The number of hydrogen-bond donors (Lipinski definition) is 0. The van der Waals surface area contributed by atoms with Crippen LogP contribution in [-0.2, 0) is 15.6 Å². The molecule has 2 aliphatic heterocycles. The molecule has 0 aromatic heterocycles. The van der Waals surface area contributed by atoms with Crippen LogP contribution in [0.15, 0.2) is 47.5 Å². The molecule has 0 N–H and O–H groups in total. The predicted molar refractivity (Wildman–Crippen MR) is 120 cm³/mol. The molecule has 7 heteroatoms. The molecule has 2 aliphatic rings. The van der Waals surface area contributed by atoms with Crippen LogP contribution in [0.4, 0.5) is 5.69 Å². The highest BCUT2D eigenvalue weighted by Crippen LogP contribution is 2.36. The number of nitrogens with zero attached hydrogens (tertiary/aromatic N) is 2. The highest BCUT2D eigenvalue weighted by molar-refractivity contribution is 8.13. The van der Waals surface area contributed by atoms with E-state index in [2.05, 4.69) is 32.0 Å². The molecular formula is C22H24N2O3S2. The maximum atomic E-state index is 12.2. The van der Waals surface area contributed by atoms with Gasteiger partial charge in [-0.05, 0) is 49.6 Å². The van der Waals surface area contributed by atoms with Crippen LogP contribution in [0.25, 0.3) is 0 Å². The maximum absolute atomic E-state index is 12.2. The molecule has 4 rings (SSSR count). The minimum Gasteiger partial charge on any atom is -0.315 e. The average molecular weight is 429 g/mol. The second kappa shape index (κ2) is 7.61. The molecule has 0 radical (unpaired) electrons. The maximum Gasteiger partial charge on any atom is 0.164 e. The largest absolute Gasteiger partial charge is 0.315 e. The zero-order valence-corrected chi connectivity index (χ0v) is 18.4. The number of aryl methyl sites for hydroxylation is 2. The van der Waals surface area contributed by atoms with Gasteiger partial charge in [-0.3, -0.25) is 9.79 Å². The number of sulfone groups is 1. The molecule has 2 heterocycles. The van der Waals surface area contributed by atoms with E-state index in [1.54, 1.807) is 17.8 Å². The van der Waals surface area contributed by atoms with E-state index in [0.717, 1.165) is 16.6 Å². The summed E-state index contributed by atoms with van der Waals surface area (Å²) in [6.07, 6.45) is 0. The topological polar surface area (TPSA) is 66.8 Å². The monoisotopic (exact) mass is 428 g/mol. The van der Waals surface area contributed by atoms with Gasteiger partial charge in [0.15, 0.2) is 20.8 Å². The molecule has 0 bridgehead atoms. The van der Waals surface area contributed by atoms with Crippen LogP contribution in [0, 0.1) is 13.8 Å². The van der Waals surface area contributed by atoms with E-state index in [9.17, 15) is 13.2 Å². The zero-order chi connectivity index (χ0) is 20.8. The lowest BCUT2D eigenvalue weighted by atomic mass is 10.1. The van der Waals surface area contributed by atoms with Crippen molar-refractivity contribution in [3.05, 3.63) is 64.7 Å². The van der Waals surface area contributed by atoms with Gasteiger partial charge in [0.05, 0.1) is 23.6 Å². The third kappa shape index (κ3) is 4.12. The smallest absolute Gasteiger partial charge is 0.164 e. The number of hydrogen-bond acceptors (Lipinski definition) is 6. The number of ketones is 1. The van der Waals surface area contributed by atoms with E-state index in [4.69, 9.17) is 4.99 Å². The third-order valence-electron chi connectivity index (χ3n) is 5.58. The first-order valence-corrected chi connectivity index (χ1v) is 12.4. The molecule has 152 valence electrons. The minimum absolute atomic E-state index is 0.0112. The van der Waals surface area contributed by atoms with Crippen molar-refractivity contribution < 1.29 is 13.2 Å². The van der Waals surface area contributed by atoms with Crippen molar-refractivity contribution in [3.63, 3.8) is 0 Å². The molecule has 1 saturated heterocycles. The summed E-state index contributed by atoms with van der Waals surface area (Å²) >= 11 is 1.62. The first-order chi connectivity index (χ1) is 13.7. The number of fused-ring (bicyclic) bond motifs is 1. The summed E-state index contributed by atoms with van der Waals surface area (Å²) in [4.78, 5) is 18.6. The molecule has 0 amide bonds. The van der Waals surface area contributed by atoms with Crippen LogP contribution in [0.2, 0.25) is 0 Å². The average Bonchev–Trinajstić information content (AvgIpc) is 3.13. The molecule has 0 aliphatic carbocycles. The van der Waals surface area contributed by atoms with Gasteiger partial charge in [-0.25, -0.2) is 8.42 Å². The molecule has 1 fully saturated rings. The molecule has 0 spiro atoms. The van der Waals surface area contributed by atoms with Gasteiger partial charge in [-0.2, -0.15) is 0 Å². The first kappa shape index (κ1) is 20.2. The summed E-state index contributed by atoms with van der Waals surface area (Å²) < 4.78 is 24.4. The lowest BCUT2D eigenvalue weighted by molar-refractivity contribution is 0.101. The van der Waals surface area contributed by atoms with E-state index in [-0.39, 0.29) is 29.4 Å². The van der Waals surface area contributed by atoms with Crippen molar-refractivity contribution in [3.8, 4) is 0 Å². The minimum atomic E-state index is -3.10. The third-order valence-corrected chi connectivity index (χ3v) is 8.31. The zero-order valence-electron chi connectivity index (χ0n) is 16.8. The Morgan fingerprint density at radius 1 is 1.14 bits per heavy atom. The Bertz CT molecular complexity index is 1110. The van der Waals surface area contributed by atoms with E-state index in [1.165, 1.54) is 23.6 Å². The van der Waals surface area contributed by atoms with Gasteiger partial charge >= 0.3 is 0 Å². The van der Waals surface area contributed by atoms with E-state index >= 15 is 0 Å². The first-order valence-electron chi connectivity index (χ1n) is 9.61. The second-order valence-electron chi connectivity index (χ2n) is 7.81. The van der Waals surface area contributed by atoms with Gasteiger partial charge in [0.2, 0.25) is 0 Å². The summed E-state index contributed by atoms with van der Waals surface area (Å²) in [5, 5.41) is 0.828. The van der Waals surface area contributed by atoms with Crippen molar-refractivity contribution in [2.75, 3.05) is 16.4 Å². The number of carbonyl (C=O) groups is 1. The summed E-state index contributed by atoms with van der Waals surface area (Å²) in [7, 11) is -3.10. The Morgan fingerprint density at radius 3 is 2.66 bits per heavy atom. The fourth-order valence-corrected chi connectivity index (χ4v) is 6.76. The lowest BCUT2D eigenvalue weighted by Crippen LogP contribution is -2.39. The molecule has 0 saturated carbocycles. The van der Waals surface area contributed by atoms with Crippen LogP contribution < -0.4 is 4.90 Å². The van der Waals surface area contributed by atoms with Crippen molar-refractivity contribution in [1.29, 1.82) is 0 Å². The van der Waals surface area contributed by atoms with Crippen LogP contribution >= 0.6 is 11.8 Å². The molecule has 5 nitrogen and oxygen atoms in total. The van der Waals surface area contributed by atoms with Gasteiger partial charge in [0.25, 0.3) is 0 Å². The highest BCUT2D eigenvalue weighted by Gasteiger charge is 2.47. The Hall–Kier alpha value is -2.12. The molecule has 2 atom stereocenters. The van der Waals surface area contributed by atoms with Crippen molar-refractivity contribution >= 4 is 38.2 Å². The number of thioether (sulfide) groups is 1. The van der Waals surface area contributed by atoms with Crippen molar-refractivity contribution in [2.45, 2.75) is 38.6 Å². The van der Waals surface area contributed by atoms with Crippen molar-refractivity contribution in [1.82, 2.24) is 0 Å². The number of anilines is 1. The Morgan fingerprint density at radius 2 is 1.93 bits per heavy atom. The molecular weight excluding hydrogens is 404 g/mol. The highest BCUT2D eigenvalue weighted by atomic mass is 32.2. The molecule has 29 heavy (non-hydrogen) atoms. The summed E-state index contributed by atoms with van der Waals surface area (Å²) in [5.41, 5.74) is 5.17. The summed E-state index contributed by atoms with van der Waals surface area (Å²) in [6, 6.07) is 13.4. The molecule has 2 aromatic rings. The fraction of sp³-hybridized carbons (Fsp3) is 0.364. The number of aliphatic imine (C=N–C) groups is 1. The van der Waals surface area contributed by atoms with Crippen molar-refractivity contribution in [2.24, 2.45) is 4.99 Å². The Kier molecular flexibility index (Phi) is 5.29. The predicted octanol–water partition coefficient (Wildman–Crippen LogP) is 3.78. The molecule has 2 aromatic carbocycles. The van der Waals surface area contributed by atoms with E-state index in [1.807, 2.05) is 23.1 Å². The number of Topliss-reactive ketones (excluding diaryl/α,β-unsaturated/α-hetero) is 1. The van der Waals surface area contributed by atoms with Gasteiger partial charge in [0.1, 0.15) is 0 Å². The van der Waals surface area contributed by atoms with Gasteiger partial charge < -0.3 is 4.90 Å². The second-order valence-corrected chi connectivity index (χ2v) is 10.9. The molecule has 0 unspecified atom stereocenters. The van der Waals surface area contributed by atoms with Crippen LogP contribution in [0.5, 0.6) is 0 Å². The normalized spacial score (nSPS) is 22.4. The van der Waals surface area contributed by atoms with Crippen LogP contribution in [0.1, 0.15) is 34.0 Å². The standard InChI is InChI=1S/C22H24N2O3S2/c1-14-7-8-17(9-15(14)2)11-28-22-23-20-12-29(26,27)13-21(20)24(22)19-6-4-5-18(10-19)16(3)25/h4-10,20-21H,11-13H2,1-3H3/t20-,21-/m0/s1. The van der Waals surface area contributed by atoms with Gasteiger partial charge in [-0.15, -0.1) is 0 Å². The SMILES string of the molecule is CC(=O)c1cccc(N2C(SCc3ccc(C)c(C)c3)=N[C@H]3CS(=O)(=O)C[C@@H]32)c1. The number of carbonyl (C=O) groups excluding carboxylic acids is 1. The number of benzene rings is 2. The van der Waals surface area contributed by atoms with Crippen LogP contribution in [0.3, 0.4) is 0 Å².